The summed E-state index contributed by atoms with van der Waals surface area (Å²) in [5.74, 6) is 0.243. The fraction of sp³-hybridized carbons (Fsp3) is 0.263. The van der Waals surface area contributed by atoms with E-state index in [1.54, 1.807) is 30.3 Å². The van der Waals surface area contributed by atoms with Crippen molar-refractivity contribution in [3.05, 3.63) is 57.5 Å². The third kappa shape index (κ3) is 6.77. The van der Waals surface area contributed by atoms with Crippen LogP contribution in [0.2, 0.25) is 5.02 Å². The van der Waals surface area contributed by atoms with E-state index >= 15 is 0 Å². The summed E-state index contributed by atoms with van der Waals surface area (Å²) in [6.07, 6.45) is 0. The lowest BCUT2D eigenvalue weighted by Crippen LogP contribution is -2.45. The minimum absolute atomic E-state index is 0.229. The second kappa shape index (κ2) is 10.2. The molecule has 0 fully saturated rings. The zero-order chi connectivity index (χ0) is 19.8. The van der Waals surface area contributed by atoms with Crippen LogP contribution in [0.25, 0.3) is 0 Å². The molecular weight excluding hydrogens is 436 g/mol. The molecule has 0 aliphatic carbocycles. The van der Waals surface area contributed by atoms with E-state index in [2.05, 4.69) is 26.8 Å². The summed E-state index contributed by atoms with van der Waals surface area (Å²) < 4.78 is 11.8. The molecule has 2 aromatic carbocycles. The Balaban J connectivity index is 1.76. The fourth-order valence-electron chi connectivity index (χ4n) is 2.16. The van der Waals surface area contributed by atoms with Gasteiger partial charge in [0.05, 0.1) is 5.02 Å². The molecule has 8 heteroatoms. The average Bonchev–Trinajstić information content (AvgIpc) is 2.64. The highest BCUT2D eigenvalue weighted by molar-refractivity contribution is 9.10. The van der Waals surface area contributed by atoms with Crippen LogP contribution in [-0.2, 0) is 9.59 Å². The van der Waals surface area contributed by atoms with Crippen molar-refractivity contribution in [1.29, 1.82) is 0 Å². The predicted octanol–water partition coefficient (Wildman–Crippen LogP) is 3.83. The summed E-state index contributed by atoms with van der Waals surface area (Å²) >= 11 is 9.35. The number of hydrazine groups is 1. The van der Waals surface area contributed by atoms with Gasteiger partial charge in [-0.2, -0.15) is 0 Å². The van der Waals surface area contributed by atoms with E-state index in [9.17, 15) is 9.59 Å². The lowest BCUT2D eigenvalue weighted by atomic mass is 10.0. The number of carbonyl (C=O) groups excluding carboxylic acids is 2. The first-order valence-electron chi connectivity index (χ1n) is 8.24. The van der Waals surface area contributed by atoms with Crippen LogP contribution in [-0.4, -0.2) is 25.0 Å². The maximum atomic E-state index is 11.9. The van der Waals surface area contributed by atoms with Crippen LogP contribution in [0.3, 0.4) is 0 Å². The van der Waals surface area contributed by atoms with Crippen LogP contribution in [0.5, 0.6) is 11.5 Å². The first-order valence-corrected chi connectivity index (χ1v) is 9.41. The normalized spacial score (nSPS) is 10.4. The van der Waals surface area contributed by atoms with Gasteiger partial charge < -0.3 is 9.47 Å². The number of benzene rings is 2. The number of carbonyl (C=O) groups is 2. The molecule has 0 saturated heterocycles. The van der Waals surface area contributed by atoms with Gasteiger partial charge in [0.15, 0.2) is 13.2 Å². The van der Waals surface area contributed by atoms with E-state index < -0.39 is 11.8 Å². The third-order valence-electron chi connectivity index (χ3n) is 3.49. The lowest BCUT2D eigenvalue weighted by Gasteiger charge is -2.14. The van der Waals surface area contributed by atoms with Crippen molar-refractivity contribution in [2.75, 3.05) is 13.2 Å². The Hall–Kier alpha value is -2.25. The van der Waals surface area contributed by atoms with Crippen LogP contribution in [0, 0.1) is 0 Å². The number of para-hydroxylation sites is 1. The summed E-state index contributed by atoms with van der Waals surface area (Å²) in [6.45, 7) is 3.56. The first-order chi connectivity index (χ1) is 12.9. The first kappa shape index (κ1) is 21.1. The molecule has 0 saturated carbocycles. The fourth-order valence-corrected chi connectivity index (χ4v) is 2.73. The quantitative estimate of drug-likeness (QED) is 0.622. The standard InChI is InChI=1S/C19H20BrClN2O4/c1-12(2)14-9-13(20)7-8-16(14)26-10-18(24)22-23-19(25)11-27-17-6-4-3-5-15(17)21/h3-9,12H,10-11H2,1-2H3,(H,22,24)(H,23,25). The number of rotatable bonds is 7. The zero-order valence-corrected chi connectivity index (χ0v) is 17.3. The van der Waals surface area contributed by atoms with E-state index in [0.717, 1.165) is 10.0 Å². The second-order valence-electron chi connectivity index (χ2n) is 5.94. The van der Waals surface area contributed by atoms with Crippen molar-refractivity contribution in [2.45, 2.75) is 19.8 Å². The molecule has 0 aliphatic heterocycles. The zero-order valence-electron chi connectivity index (χ0n) is 14.9. The van der Waals surface area contributed by atoms with Gasteiger partial charge in [0, 0.05) is 4.47 Å². The van der Waals surface area contributed by atoms with Gasteiger partial charge in [-0.15, -0.1) is 0 Å². The number of nitrogens with one attached hydrogen (secondary N) is 2. The molecule has 0 spiro atoms. The Morgan fingerprint density at radius 2 is 1.59 bits per heavy atom. The molecule has 2 N–H and O–H groups in total. The molecular formula is C19H20BrClN2O4. The molecule has 0 aromatic heterocycles. The molecule has 0 bridgehead atoms. The number of hydrogen-bond acceptors (Lipinski definition) is 4. The van der Waals surface area contributed by atoms with Gasteiger partial charge in [0.1, 0.15) is 11.5 Å². The molecule has 0 unspecified atom stereocenters. The highest BCUT2D eigenvalue weighted by Crippen LogP contribution is 2.29. The Morgan fingerprint density at radius 3 is 2.19 bits per heavy atom. The van der Waals surface area contributed by atoms with Gasteiger partial charge in [-0.25, -0.2) is 0 Å². The molecule has 2 amide bonds. The topological polar surface area (TPSA) is 76.7 Å². The minimum atomic E-state index is -0.519. The SMILES string of the molecule is CC(C)c1cc(Br)ccc1OCC(=O)NNC(=O)COc1ccccc1Cl. The molecule has 0 aliphatic rings. The van der Waals surface area contributed by atoms with Crippen molar-refractivity contribution < 1.29 is 19.1 Å². The predicted molar refractivity (Wildman–Crippen MR) is 107 cm³/mol. The van der Waals surface area contributed by atoms with Crippen molar-refractivity contribution in [1.82, 2.24) is 10.9 Å². The summed E-state index contributed by atoms with van der Waals surface area (Å²) in [7, 11) is 0. The smallest absolute Gasteiger partial charge is 0.276 e. The summed E-state index contributed by atoms with van der Waals surface area (Å²) in [4.78, 5) is 23.6. The molecule has 6 nitrogen and oxygen atoms in total. The van der Waals surface area contributed by atoms with Gasteiger partial charge in [0.25, 0.3) is 11.8 Å². The van der Waals surface area contributed by atoms with Gasteiger partial charge in [0.2, 0.25) is 0 Å². The van der Waals surface area contributed by atoms with Crippen LogP contribution < -0.4 is 20.3 Å². The Morgan fingerprint density at radius 1 is 1.00 bits per heavy atom. The van der Waals surface area contributed by atoms with Crippen LogP contribution in [0.15, 0.2) is 46.9 Å². The van der Waals surface area contributed by atoms with Crippen LogP contribution in [0.1, 0.15) is 25.3 Å². The lowest BCUT2D eigenvalue weighted by molar-refractivity contribution is -0.131. The van der Waals surface area contributed by atoms with Crippen molar-refractivity contribution >= 4 is 39.3 Å². The highest BCUT2D eigenvalue weighted by atomic mass is 79.9. The monoisotopic (exact) mass is 454 g/mol. The van der Waals surface area contributed by atoms with E-state index in [1.165, 1.54) is 0 Å². The number of halogens is 2. The number of hydrogen-bond donors (Lipinski definition) is 2. The minimum Gasteiger partial charge on any atom is -0.483 e. The van der Waals surface area contributed by atoms with E-state index in [1.807, 2.05) is 26.0 Å². The number of ether oxygens (including phenoxy) is 2. The van der Waals surface area contributed by atoms with E-state index in [-0.39, 0.29) is 19.1 Å². The molecule has 0 radical (unpaired) electrons. The summed E-state index contributed by atoms with van der Waals surface area (Å²) in [5.41, 5.74) is 5.52. The van der Waals surface area contributed by atoms with Crippen LogP contribution >= 0.6 is 27.5 Å². The molecule has 27 heavy (non-hydrogen) atoms. The van der Waals surface area contributed by atoms with E-state index in [4.69, 9.17) is 21.1 Å². The van der Waals surface area contributed by atoms with Gasteiger partial charge in [-0.1, -0.05) is 53.5 Å². The van der Waals surface area contributed by atoms with E-state index in [0.29, 0.717) is 16.5 Å². The average molecular weight is 456 g/mol. The largest absolute Gasteiger partial charge is 0.483 e. The van der Waals surface area contributed by atoms with Crippen LogP contribution in [0.4, 0.5) is 0 Å². The molecule has 2 aromatic rings. The van der Waals surface area contributed by atoms with Crippen molar-refractivity contribution in [3.63, 3.8) is 0 Å². The molecule has 2 rings (SSSR count). The van der Waals surface area contributed by atoms with Gasteiger partial charge in [-0.3, -0.25) is 20.4 Å². The molecule has 144 valence electrons. The summed E-state index contributed by atoms with van der Waals surface area (Å²) in [5, 5.41) is 0.401. The molecule has 0 heterocycles. The van der Waals surface area contributed by atoms with Crippen molar-refractivity contribution in [2.24, 2.45) is 0 Å². The Kier molecular flexibility index (Phi) is 7.94. The maximum Gasteiger partial charge on any atom is 0.276 e. The summed E-state index contributed by atoms with van der Waals surface area (Å²) in [6, 6.07) is 12.4. The third-order valence-corrected chi connectivity index (χ3v) is 4.29. The Labute approximate surface area is 171 Å². The number of amides is 2. The Bertz CT molecular complexity index is 814. The molecule has 0 atom stereocenters. The van der Waals surface area contributed by atoms with Gasteiger partial charge in [-0.05, 0) is 41.8 Å². The second-order valence-corrected chi connectivity index (χ2v) is 7.26. The van der Waals surface area contributed by atoms with Gasteiger partial charge >= 0.3 is 0 Å². The maximum absolute atomic E-state index is 11.9. The van der Waals surface area contributed by atoms with Crippen molar-refractivity contribution in [3.8, 4) is 11.5 Å². The highest BCUT2D eigenvalue weighted by Gasteiger charge is 2.11.